The highest BCUT2D eigenvalue weighted by atomic mass is 35.5. The Bertz CT molecular complexity index is 673. The number of carboxylic acids is 1. The molecule has 0 saturated heterocycles. The number of carboxylic acid groups (broad SMARTS) is 1. The molecule has 0 bridgehead atoms. The molecule has 0 aliphatic heterocycles. The standard InChI is InChI=1S/C16H12Cl2O2/c1-10(9-15(19)20)11-5-7-12(8-6-11)13-3-2-4-14(17)16(13)18/h2-9H,1H3,(H,19,20). The van der Waals surface area contributed by atoms with Gasteiger partial charge >= 0.3 is 5.97 Å². The monoisotopic (exact) mass is 306 g/mol. The molecule has 20 heavy (non-hydrogen) atoms. The van der Waals surface area contributed by atoms with Crippen molar-refractivity contribution in [2.75, 3.05) is 0 Å². The molecular formula is C16H12Cl2O2. The zero-order valence-corrected chi connectivity index (χ0v) is 12.2. The van der Waals surface area contributed by atoms with Crippen LogP contribution in [0.15, 0.2) is 48.5 Å². The van der Waals surface area contributed by atoms with E-state index in [1.807, 2.05) is 36.4 Å². The molecule has 0 aromatic heterocycles. The number of aliphatic carboxylic acids is 1. The predicted octanol–water partition coefficient (Wildman–Crippen LogP) is 5.15. The highest BCUT2D eigenvalue weighted by Crippen LogP contribution is 2.33. The van der Waals surface area contributed by atoms with Gasteiger partial charge in [-0.05, 0) is 29.7 Å². The SMILES string of the molecule is CC(=CC(=O)O)c1ccc(-c2cccc(Cl)c2Cl)cc1. The molecule has 0 amide bonds. The van der Waals surface area contributed by atoms with E-state index in [1.54, 1.807) is 13.0 Å². The third-order valence-electron chi connectivity index (χ3n) is 2.94. The van der Waals surface area contributed by atoms with Crippen LogP contribution < -0.4 is 0 Å². The Morgan fingerprint density at radius 2 is 1.75 bits per heavy atom. The third-order valence-corrected chi connectivity index (χ3v) is 3.76. The van der Waals surface area contributed by atoms with E-state index in [2.05, 4.69) is 0 Å². The van der Waals surface area contributed by atoms with Crippen molar-refractivity contribution in [1.82, 2.24) is 0 Å². The molecule has 0 heterocycles. The van der Waals surface area contributed by atoms with Gasteiger partial charge in [-0.3, -0.25) is 0 Å². The van der Waals surface area contributed by atoms with Gasteiger partial charge in [0, 0.05) is 11.6 Å². The van der Waals surface area contributed by atoms with E-state index in [9.17, 15) is 4.79 Å². The smallest absolute Gasteiger partial charge is 0.328 e. The molecule has 2 aromatic rings. The number of hydrogen-bond donors (Lipinski definition) is 1. The number of benzene rings is 2. The van der Waals surface area contributed by atoms with E-state index in [1.165, 1.54) is 6.08 Å². The maximum Gasteiger partial charge on any atom is 0.328 e. The lowest BCUT2D eigenvalue weighted by Crippen LogP contribution is -1.90. The normalized spacial score (nSPS) is 11.4. The molecule has 0 aliphatic rings. The van der Waals surface area contributed by atoms with Gasteiger partial charge in [-0.25, -0.2) is 4.79 Å². The van der Waals surface area contributed by atoms with Gasteiger partial charge in [0.25, 0.3) is 0 Å². The Labute approximate surface area is 127 Å². The number of carbonyl (C=O) groups is 1. The topological polar surface area (TPSA) is 37.3 Å². The van der Waals surface area contributed by atoms with Gasteiger partial charge in [0.2, 0.25) is 0 Å². The van der Waals surface area contributed by atoms with Crippen LogP contribution in [-0.4, -0.2) is 11.1 Å². The summed E-state index contributed by atoms with van der Waals surface area (Å²) in [4.78, 5) is 10.6. The molecule has 2 rings (SSSR count). The van der Waals surface area contributed by atoms with Crippen molar-refractivity contribution in [1.29, 1.82) is 0 Å². The molecule has 4 heteroatoms. The second-order valence-corrected chi connectivity index (χ2v) is 5.13. The Morgan fingerprint density at radius 1 is 1.10 bits per heavy atom. The van der Waals surface area contributed by atoms with Gasteiger partial charge in [0.1, 0.15) is 0 Å². The first-order valence-electron chi connectivity index (χ1n) is 5.95. The van der Waals surface area contributed by atoms with Crippen molar-refractivity contribution in [3.8, 4) is 11.1 Å². The van der Waals surface area contributed by atoms with Crippen molar-refractivity contribution in [2.24, 2.45) is 0 Å². The lowest BCUT2D eigenvalue weighted by atomic mass is 10.0. The van der Waals surface area contributed by atoms with Crippen LogP contribution in [0.3, 0.4) is 0 Å². The average molecular weight is 307 g/mol. The lowest BCUT2D eigenvalue weighted by molar-refractivity contribution is -0.131. The average Bonchev–Trinajstić information content (AvgIpc) is 2.41. The first-order chi connectivity index (χ1) is 9.49. The van der Waals surface area contributed by atoms with Gasteiger partial charge in [-0.15, -0.1) is 0 Å². The summed E-state index contributed by atoms with van der Waals surface area (Å²) in [5.74, 6) is -0.954. The molecule has 0 fully saturated rings. The maximum atomic E-state index is 10.6. The van der Waals surface area contributed by atoms with E-state index in [0.29, 0.717) is 15.6 Å². The maximum absolute atomic E-state index is 10.6. The lowest BCUT2D eigenvalue weighted by Gasteiger charge is -2.07. The number of rotatable bonds is 3. The minimum atomic E-state index is -0.954. The molecule has 0 spiro atoms. The third kappa shape index (κ3) is 3.21. The van der Waals surface area contributed by atoms with Crippen LogP contribution in [0.25, 0.3) is 16.7 Å². The van der Waals surface area contributed by atoms with Gasteiger partial charge < -0.3 is 5.11 Å². The Kier molecular flexibility index (Phi) is 4.48. The molecule has 2 nitrogen and oxygen atoms in total. The zero-order valence-electron chi connectivity index (χ0n) is 10.7. The van der Waals surface area contributed by atoms with Crippen LogP contribution in [-0.2, 0) is 4.79 Å². The molecule has 102 valence electrons. The van der Waals surface area contributed by atoms with Gasteiger partial charge in [-0.2, -0.15) is 0 Å². The summed E-state index contributed by atoms with van der Waals surface area (Å²) >= 11 is 12.2. The number of allylic oxidation sites excluding steroid dienone is 1. The van der Waals surface area contributed by atoms with Gasteiger partial charge in [-0.1, -0.05) is 59.6 Å². The summed E-state index contributed by atoms with van der Waals surface area (Å²) in [6.45, 7) is 1.76. The van der Waals surface area contributed by atoms with E-state index >= 15 is 0 Å². The molecule has 0 saturated carbocycles. The summed E-state index contributed by atoms with van der Waals surface area (Å²) in [5, 5.41) is 9.76. The van der Waals surface area contributed by atoms with Crippen LogP contribution in [0.1, 0.15) is 12.5 Å². The minimum absolute atomic E-state index is 0.509. The van der Waals surface area contributed by atoms with Gasteiger partial charge in [0.15, 0.2) is 0 Å². The highest BCUT2D eigenvalue weighted by molar-refractivity contribution is 6.43. The first kappa shape index (κ1) is 14.6. The fourth-order valence-electron chi connectivity index (χ4n) is 1.91. The molecule has 2 aromatic carbocycles. The highest BCUT2D eigenvalue weighted by Gasteiger charge is 2.07. The van der Waals surface area contributed by atoms with E-state index in [-0.39, 0.29) is 0 Å². The van der Waals surface area contributed by atoms with E-state index in [0.717, 1.165) is 16.7 Å². The van der Waals surface area contributed by atoms with Crippen LogP contribution in [0.5, 0.6) is 0 Å². The minimum Gasteiger partial charge on any atom is -0.478 e. The summed E-state index contributed by atoms with van der Waals surface area (Å²) in [7, 11) is 0. The van der Waals surface area contributed by atoms with Gasteiger partial charge in [0.05, 0.1) is 10.0 Å². The molecule has 0 radical (unpaired) electrons. The van der Waals surface area contributed by atoms with Crippen LogP contribution in [0, 0.1) is 0 Å². The number of halogens is 2. The van der Waals surface area contributed by atoms with Crippen molar-refractivity contribution in [3.05, 3.63) is 64.1 Å². The van der Waals surface area contributed by atoms with Crippen molar-refractivity contribution in [3.63, 3.8) is 0 Å². The summed E-state index contributed by atoms with van der Waals surface area (Å²) in [5.41, 5.74) is 3.34. The quantitative estimate of drug-likeness (QED) is 0.796. The van der Waals surface area contributed by atoms with E-state index in [4.69, 9.17) is 28.3 Å². The van der Waals surface area contributed by atoms with Crippen molar-refractivity contribution < 1.29 is 9.90 Å². The number of hydrogen-bond acceptors (Lipinski definition) is 1. The Hall–Kier alpha value is -1.77. The zero-order chi connectivity index (χ0) is 14.7. The molecular weight excluding hydrogens is 295 g/mol. The van der Waals surface area contributed by atoms with Crippen molar-refractivity contribution in [2.45, 2.75) is 6.92 Å². The van der Waals surface area contributed by atoms with Crippen LogP contribution in [0.4, 0.5) is 0 Å². The Balaban J connectivity index is 2.38. The second kappa shape index (κ2) is 6.12. The molecule has 0 unspecified atom stereocenters. The van der Waals surface area contributed by atoms with Crippen molar-refractivity contribution >= 4 is 34.7 Å². The molecule has 1 N–H and O–H groups in total. The van der Waals surface area contributed by atoms with E-state index < -0.39 is 5.97 Å². The Morgan fingerprint density at radius 3 is 2.35 bits per heavy atom. The first-order valence-corrected chi connectivity index (χ1v) is 6.70. The fourth-order valence-corrected chi connectivity index (χ4v) is 2.32. The molecule has 0 atom stereocenters. The summed E-state index contributed by atoms with van der Waals surface area (Å²) < 4.78 is 0. The second-order valence-electron chi connectivity index (χ2n) is 4.34. The summed E-state index contributed by atoms with van der Waals surface area (Å²) in [6.07, 6.45) is 1.18. The largest absolute Gasteiger partial charge is 0.478 e. The fraction of sp³-hybridized carbons (Fsp3) is 0.0625. The summed E-state index contributed by atoms with van der Waals surface area (Å²) in [6, 6.07) is 13.0. The van der Waals surface area contributed by atoms with Crippen LogP contribution in [0.2, 0.25) is 10.0 Å². The van der Waals surface area contributed by atoms with Crippen LogP contribution >= 0.6 is 23.2 Å². The molecule has 0 aliphatic carbocycles. The predicted molar refractivity (Wildman–Crippen MR) is 83.2 cm³/mol.